The van der Waals surface area contributed by atoms with E-state index in [1.165, 1.54) is 4.90 Å². The van der Waals surface area contributed by atoms with Gasteiger partial charge in [0.1, 0.15) is 0 Å². The molecule has 0 aliphatic rings. The maximum absolute atomic E-state index is 12.8. The minimum atomic E-state index is -0.573. The highest BCUT2D eigenvalue weighted by Gasteiger charge is 2.24. The number of rotatable bonds is 11. The highest BCUT2D eigenvalue weighted by Crippen LogP contribution is 2.23. The smallest absolute Gasteiger partial charge is 0.246 e. The maximum atomic E-state index is 12.8. The van der Waals surface area contributed by atoms with Gasteiger partial charge in [-0.1, -0.05) is 68.8 Å². The fraction of sp³-hybridized carbons (Fsp3) is 0.357. The number of allylic oxidation sites excluding steroid dienone is 1. The summed E-state index contributed by atoms with van der Waals surface area (Å²) in [5, 5.41) is 11.8. The van der Waals surface area contributed by atoms with Crippen LogP contribution in [0.3, 0.4) is 0 Å². The molecule has 4 N–H and O–H groups in total. The van der Waals surface area contributed by atoms with Crippen LogP contribution in [0.4, 0.5) is 5.69 Å². The molecule has 3 amide bonds. The Hall–Kier alpha value is -3.45. The Morgan fingerprint density at radius 3 is 2.25 bits per heavy atom. The monoisotopic (exact) mass is 512 g/mol. The Bertz CT molecular complexity index is 1050. The Morgan fingerprint density at radius 2 is 1.72 bits per heavy atom. The molecule has 2 rings (SSSR count). The Balaban J connectivity index is 0.00000150. The maximum Gasteiger partial charge on any atom is 0.246 e. The molecule has 0 heterocycles. The van der Waals surface area contributed by atoms with E-state index in [9.17, 15) is 14.4 Å². The Kier molecular flexibility index (Phi) is 13.2. The normalized spacial score (nSPS) is 11.1. The first-order valence-electron chi connectivity index (χ1n) is 11.9. The fourth-order valence-corrected chi connectivity index (χ4v) is 3.53. The van der Waals surface area contributed by atoms with Gasteiger partial charge < -0.3 is 16.0 Å². The summed E-state index contributed by atoms with van der Waals surface area (Å²) in [6.45, 7) is 9.21. The summed E-state index contributed by atoms with van der Waals surface area (Å²) in [5.41, 5.74) is 7.30. The summed E-state index contributed by atoms with van der Waals surface area (Å²) in [7, 11) is 1.59. The molecule has 36 heavy (non-hydrogen) atoms. The molecule has 0 aliphatic carbocycles. The van der Waals surface area contributed by atoms with Crippen LogP contribution >= 0.6 is 11.6 Å². The van der Waals surface area contributed by atoms with Crippen molar-refractivity contribution >= 4 is 40.7 Å². The summed E-state index contributed by atoms with van der Waals surface area (Å²) in [4.78, 5) is 38.0. The first-order valence-corrected chi connectivity index (χ1v) is 12.3. The molecule has 2 aromatic rings. The van der Waals surface area contributed by atoms with Crippen LogP contribution in [0.15, 0.2) is 61.2 Å². The summed E-state index contributed by atoms with van der Waals surface area (Å²) in [5.74, 6) is -1.65. The molecule has 0 radical (unpaired) electrons. The van der Waals surface area contributed by atoms with Crippen molar-refractivity contribution in [1.82, 2.24) is 5.32 Å². The van der Waals surface area contributed by atoms with Crippen LogP contribution in [0.2, 0.25) is 5.02 Å². The van der Waals surface area contributed by atoms with Gasteiger partial charge in [-0.05, 0) is 37.0 Å². The van der Waals surface area contributed by atoms with Crippen LogP contribution in [0, 0.1) is 17.2 Å². The van der Waals surface area contributed by atoms with Crippen LogP contribution in [-0.4, -0.2) is 37.0 Å². The summed E-state index contributed by atoms with van der Waals surface area (Å²) < 4.78 is 0. The van der Waals surface area contributed by atoms with E-state index < -0.39 is 11.8 Å². The van der Waals surface area contributed by atoms with Crippen LogP contribution in [0.5, 0.6) is 0 Å². The lowest BCUT2D eigenvalue weighted by Gasteiger charge is -2.22. The second-order valence-electron chi connectivity index (χ2n) is 8.76. The van der Waals surface area contributed by atoms with Gasteiger partial charge in [0.15, 0.2) is 0 Å². The number of hydrogen-bond acceptors (Lipinski definition) is 4. The highest BCUT2D eigenvalue weighted by atomic mass is 35.5. The van der Waals surface area contributed by atoms with Crippen LogP contribution in [0.25, 0.3) is 0 Å². The third kappa shape index (κ3) is 10.0. The van der Waals surface area contributed by atoms with E-state index >= 15 is 0 Å². The number of anilines is 1. The number of hydrogen-bond donors (Lipinski definition) is 3. The molecule has 1 atom stereocenters. The van der Waals surface area contributed by atoms with Crippen molar-refractivity contribution in [3.05, 3.63) is 77.3 Å². The highest BCUT2D eigenvalue weighted by molar-refractivity contribution is 6.30. The van der Waals surface area contributed by atoms with E-state index in [1.54, 1.807) is 55.6 Å². The number of carbonyl (C=O) groups is 3. The van der Waals surface area contributed by atoms with E-state index in [2.05, 4.69) is 18.8 Å². The third-order valence-corrected chi connectivity index (χ3v) is 5.57. The van der Waals surface area contributed by atoms with Gasteiger partial charge in [0.2, 0.25) is 17.7 Å². The lowest BCUT2D eigenvalue weighted by Crippen LogP contribution is -2.42. The predicted octanol–water partition coefficient (Wildman–Crippen LogP) is 4.96. The van der Waals surface area contributed by atoms with E-state index in [1.807, 2.05) is 19.9 Å². The molecule has 0 aromatic heterocycles. The van der Waals surface area contributed by atoms with Crippen LogP contribution in [-0.2, 0) is 14.4 Å². The summed E-state index contributed by atoms with van der Waals surface area (Å²) >= 11 is 5.94. The average Bonchev–Trinajstić information content (AvgIpc) is 2.85. The number of carbonyl (C=O) groups excluding carboxylic acids is 3. The SMILES string of the molecule is C=CCC.CC(C)C[C@H](CC(N)=O)C(=O)NCC(=O)N(C)c1ccccc1C(=N)c1ccc(Cl)cc1. The molecule has 2 aromatic carbocycles. The number of benzene rings is 2. The molecule has 7 nitrogen and oxygen atoms in total. The molecule has 8 heteroatoms. The molecular weight excluding hydrogens is 476 g/mol. The number of nitrogens with two attached hydrogens (primary N) is 1. The van der Waals surface area contributed by atoms with Crippen LogP contribution in [0.1, 0.15) is 51.2 Å². The molecule has 0 spiro atoms. The van der Waals surface area contributed by atoms with Crippen molar-refractivity contribution in [2.45, 2.75) is 40.0 Å². The van der Waals surface area contributed by atoms with E-state index in [0.29, 0.717) is 28.3 Å². The van der Waals surface area contributed by atoms with Gasteiger partial charge in [-0.3, -0.25) is 19.8 Å². The second kappa shape index (κ2) is 15.5. The summed E-state index contributed by atoms with van der Waals surface area (Å²) in [6.07, 6.45) is 3.40. The molecule has 0 aliphatic heterocycles. The number of halogens is 1. The fourth-order valence-electron chi connectivity index (χ4n) is 3.40. The van der Waals surface area contributed by atoms with Crippen molar-refractivity contribution < 1.29 is 14.4 Å². The molecule has 0 unspecified atom stereocenters. The zero-order valence-corrected chi connectivity index (χ0v) is 22.3. The minimum Gasteiger partial charge on any atom is -0.370 e. The zero-order valence-electron chi connectivity index (χ0n) is 21.5. The summed E-state index contributed by atoms with van der Waals surface area (Å²) in [6, 6.07) is 14.0. The van der Waals surface area contributed by atoms with Gasteiger partial charge in [-0.2, -0.15) is 0 Å². The Morgan fingerprint density at radius 1 is 1.14 bits per heavy atom. The van der Waals surface area contributed by atoms with E-state index in [-0.39, 0.29) is 36.4 Å². The lowest BCUT2D eigenvalue weighted by atomic mass is 9.93. The number of para-hydroxylation sites is 1. The van der Waals surface area contributed by atoms with Gasteiger partial charge in [0.05, 0.1) is 17.9 Å². The second-order valence-corrected chi connectivity index (χ2v) is 9.20. The lowest BCUT2D eigenvalue weighted by molar-refractivity contribution is -0.131. The number of nitrogens with one attached hydrogen (secondary N) is 2. The zero-order chi connectivity index (χ0) is 27.3. The number of amides is 3. The quantitative estimate of drug-likeness (QED) is 0.292. The van der Waals surface area contributed by atoms with Crippen LogP contribution < -0.4 is 16.0 Å². The first-order chi connectivity index (χ1) is 17.0. The van der Waals surface area contributed by atoms with Crippen molar-refractivity contribution in [3.63, 3.8) is 0 Å². The number of primary amides is 1. The molecule has 0 saturated heterocycles. The number of likely N-dealkylation sites (N-methyl/N-ethyl adjacent to an activating group) is 1. The van der Waals surface area contributed by atoms with E-state index in [4.69, 9.17) is 22.7 Å². The predicted molar refractivity (Wildman–Crippen MR) is 147 cm³/mol. The van der Waals surface area contributed by atoms with Gasteiger partial charge >= 0.3 is 0 Å². The van der Waals surface area contributed by atoms with E-state index in [0.717, 1.165) is 6.42 Å². The molecule has 0 saturated carbocycles. The minimum absolute atomic E-state index is 0.0604. The number of nitrogens with zero attached hydrogens (tertiary/aromatic N) is 1. The van der Waals surface area contributed by atoms with Crippen molar-refractivity contribution in [2.24, 2.45) is 17.6 Å². The molecule has 0 bridgehead atoms. The largest absolute Gasteiger partial charge is 0.370 e. The first kappa shape index (κ1) is 30.6. The molecule has 194 valence electrons. The third-order valence-electron chi connectivity index (χ3n) is 5.32. The van der Waals surface area contributed by atoms with Gasteiger partial charge in [0, 0.05) is 35.5 Å². The van der Waals surface area contributed by atoms with Crippen molar-refractivity contribution in [2.75, 3.05) is 18.5 Å². The standard InChI is InChI=1S/C24H29ClN4O3.C4H8/c1-15(2)12-17(13-21(26)30)24(32)28-14-22(31)29(3)20-7-5-4-6-19(20)23(27)16-8-10-18(25)11-9-16;1-3-4-2/h4-11,15,17,27H,12-14H2,1-3H3,(H2,26,30)(H,28,32);3H,1,4H2,2H3/t17-;/m1./s1. The molecular formula is C28H37ClN4O3. The van der Waals surface area contributed by atoms with Crippen molar-refractivity contribution in [3.8, 4) is 0 Å². The molecule has 0 fully saturated rings. The van der Waals surface area contributed by atoms with Gasteiger partial charge in [-0.15, -0.1) is 6.58 Å². The van der Waals surface area contributed by atoms with Gasteiger partial charge in [-0.25, -0.2) is 0 Å². The topological polar surface area (TPSA) is 116 Å². The van der Waals surface area contributed by atoms with Crippen molar-refractivity contribution in [1.29, 1.82) is 5.41 Å². The Labute approximate surface area is 219 Å². The average molecular weight is 513 g/mol. The van der Waals surface area contributed by atoms with Gasteiger partial charge in [0.25, 0.3) is 0 Å².